The predicted octanol–water partition coefficient (Wildman–Crippen LogP) is 1.53. The third-order valence-corrected chi connectivity index (χ3v) is 2.55. The van der Waals surface area contributed by atoms with Crippen molar-refractivity contribution in [2.75, 3.05) is 19.5 Å². The van der Waals surface area contributed by atoms with Crippen LogP contribution >= 0.6 is 0 Å². The van der Waals surface area contributed by atoms with Crippen LogP contribution < -0.4 is 5.73 Å². The Kier molecular flexibility index (Phi) is 2.78. The van der Waals surface area contributed by atoms with Gasteiger partial charge in [-0.1, -0.05) is 0 Å². The largest absolute Gasteiger partial charge is 0.383 e. The highest BCUT2D eigenvalue weighted by Gasteiger charge is 2.14. The van der Waals surface area contributed by atoms with E-state index in [1.807, 2.05) is 30.5 Å². The highest BCUT2D eigenvalue weighted by Crippen LogP contribution is 2.21. The number of aryl methyl sites for hydroxylation is 1. The maximum Gasteiger partial charge on any atom is 0.202 e. The lowest BCUT2D eigenvalue weighted by Crippen LogP contribution is -2.14. The Morgan fingerprint density at radius 2 is 2.19 bits per heavy atom. The fourth-order valence-electron chi connectivity index (χ4n) is 1.84. The van der Waals surface area contributed by atoms with E-state index in [9.17, 15) is 0 Å². The van der Waals surface area contributed by atoms with E-state index in [1.165, 1.54) is 0 Å². The minimum Gasteiger partial charge on any atom is -0.383 e. The summed E-state index contributed by atoms with van der Waals surface area (Å²) < 4.78 is 7.04. The average Bonchev–Trinajstić information content (AvgIpc) is 2.53. The van der Waals surface area contributed by atoms with Gasteiger partial charge in [-0.3, -0.25) is 4.57 Å². The minimum atomic E-state index is 0.129. The summed E-state index contributed by atoms with van der Waals surface area (Å²) in [4.78, 5) is 8.74. The number of fused-ring (bicyclic) bond motifs is 1. The first-order valence-electron chi connectivity index (χ1n) is 5.23. The number of nitrogen functional groups attached to an aromatic ring is 1. The zero-order chi connectivity index (χ0) is 11.7. The number of hydrogen-bond donors (Lipinski definition) is 1. The summed E-state index contributed by atoms with van der Waals surface area (Å²) in [5.74, 6) is 0.484. The molecule has 2 N–H and O–H groups in total. The second-order valence-corrected chi connectivity index (χ2v) is 3.94. The van der Waals surface area contributed by atoms with Gasteiger partial charge in [-0.25, -0.2) is 9.97 Å². The summed E-state index contributed by atoms with van der Waals surface area (Å²) in [6.07, 6.45) is 0. The average molecular weight is 220 g/mol. The van der Waals surface area contributed by atoms with Crippen LogP contribution in [0, 0.1) is 6.92 Å². The summed E-state index contributed by atoms with van der Waals surface area (Å²) in [5, 5.41) is 0. The highest BCUT2D eigenvalue weighted by atomic mass is 16.5. The second kappa shape index (κ2) is 4.09. The van der Waals surface area contributed by atoms with Crippen LogP contribution in [0.25, 0.3) is 11.2 Å². The SMILES string of the molecule is COCC(C)n1c(N)nc2ccc(C)nc21. The Hall–Kier alpha value is -1.62. The molecular weight excluding hydrogens is 204 g/mol. The summed E-state index contributed by atoms with van der Waals surface area (Å²) in [5.41, 5.74) is 8.49. The number of methoxy groups -OCH3 is 1. The van der Waals surface area contributed by atoms with E-state index >= 15 is 0 Å². The van der Waals surface area contributed by atoms with Crippen molar-refractivity contribution in [2.24, 2.45) is 0 Å². The number of rotatable bonds is 3. The lowest BCUT2D eigenvalue weighted by atomic mass is 10.3. The number of pyridine rings is 1. The van der Waals surface area contributed by atoms with Gasteiger partial charge >= 0.3 is 0 Å². The van der Waals surface area contributed by atoms with Crippen molar-refractivity contribution in [1.82, 2.24) is 14.5 Å². The summed E-state index contributed by atoms with van der Waals surface area (Å²) in [7, 11) is 1.67. The molecule has 0 amide bonds. The molecule has 5 nitrogen and oxygen atoms in total. The quantitative estimate of drug-likeness (QED) is 0.851. The summed E-state index contributed by atoms with van der Waals surface area (Å²) in [6.45, 7) is 4.57. The van der Waals surface area contributed by atoms with E-state index in [0.717, 1.165) is 16.9 Å². The van der Waals surface area contributed by atoms with Crippen molar-refractivity contribution in [3.8, 4) is 0 Å². The Bertz CT molecular complexity index is 506. The number of nitrogens with two attached hydrogens (primary N) is 1. The maximum atomic E-state index is 5.89. The molecule has 2 rings (SSSR count). The number of hydrogen-bond acceptors (Lipinski definition) is 4. The van der Waals surface area contributed by atoms with E-state index in [2.05, 4.69) is 9.97 Å². The molecule has 0 aromatic carbocycles. The molecule has 0 aliphatic carbocycles. The Balaban J connectivity index is 2.58. The number of aromatic nitrogens is 3. The first kappa shape index (κ1) is 10.9. The van der Waals surface area contributed by atoms with Gasteiger partial charge in [0.1, 0.15) is 5.52 Å². The summed E-state index contributed by atoms with van der Waals surface area (Å²) in [6, 6.07) is 3.99. The van der Waals surface area contributed by atoms with Crippen LogP contribution in [0.1, 0.15) is 18.7 Å². The molecule has 2 aromatic heterocycles. The molecule has 0 radical (unpaired) electrons. The Morgan fingerprint density at radius 1 is 1.44 bits per heavy atom. The van der Waals surface area contributed by atoms with E-state index in [4.69, 9.17) is 10.5 Å². The first-order chi connectivity index (χ1) is 7.63. The van der Waals surface area contributed by atoms with Crippen molar-refractivity contribution in [3.63, 3.8) is 0 Å². The lowest BCUT2D eigenvalue weighted by molar-refractivity contribution is 0.164. The smallest absolute Gasteiger partial charge is 0.202 e. The number of nitrogens with zero attached hydrogens (tertiary/aromatic N) is 3. The van der Waals surface area contributed by atoms with Crippen LogP contribution in [0.3, 0.4) is 0 Å². The van der Waals surface area contributed by atoms with Crippen LogP contribution in [0.2, 0.25) is 0 Å². The van der Waals surface area contributed by atoms with Crippen molar-refractivity contribution >= 4 is 17.1 Å². The summed E-state index contributed by atoms with van der Waals surface area (Å²) >= 11 is 0. The van der Waals surface area contributed by atoms with Crippen LogP contribution in [-0.2, 0) is 4.74 Å². The Labute approximate surface area is 94.2 Å². The van der Waals surface area contributed by atoms with Gasteiger partial charge in [0, 0.05) is 12.8 Å². The van der Waals surface area contributed by atoms with E-state index in [-0.39, 0.29) is 6.04 Å². The van der Waals surface area contributed by atoms with Gasteiger partial charge in [0.05, 0.1) is 12.6 Å². The van der Waals surface area contributed by atoms with Gasteiger partial charge in [0.25, 0.3) is 0 Å². The van der Waals surface area contributed by atoms with E-state index in [0.29, 0.717) is 12.6 Å². The Morgan fingerprint density at radius 3 is 2.88 bits per heavy atom. The van der Waals surface area contributed by atoms with Gasteiger partial charge in [-0.2, -0.15) is 0 Å². The number of ether oxygens (including phenoxy) is 1. The molecule has 0 saturated carbocycles. The van der Waals surface area contributed by atoms with Crippen LogP contribution in [0.4, 0.5) is 5.95 Å². The van der Waals surface area contributed by atoms with Gasteiger partial charge in [0.15, 0.2) is 5.65 Å². The van der Waals surface area contributed by atoms with Crippen LogP contribution in [0.5, 0.6) is 0 Å². The van der Waals surface area contributed by atoms with Crippen molar-refractivity contribution in [1.29, 1.82) is 0 Å². The number of imidazole rings is 1. The molecule has 2 aromatic rings. The molecule has 1 unspecified atom stereocenters. The molecule has 1 atom stereocenters. The monoisotopic (exact) mass is 220 g/mol. The van der Waals surface area contributed by atoms with E-state index in [1.54, 1.807) is 7.11 Å². The minimum absolute atomic E-state index is 0.129. The molecule has 0 spiro atoms. The lowest BCUT2D eigenvalue weighted by Gasteiger charge is -2.14. The molecule has 2 heterocycles. The topological polar surface area (TPSA) is 66.0 Å². The van der Waals surface area contributed by atoms with Gasteiger partial charge < -0.3 is 10.5 Å². The molecular formula is C11H16N4O. The molecule has 0 fully saturated rings. The third kappa shape index (κ3) is 1.74. The zero-order valence-electron chi connectivity index (χ0n) is 9.77. The van der Waals surface area contributed by atoms with E-state index < -0.39 is 0 Å². The molecule has 16 heavy (non-hydrogen) atoms. The van der Waals surface area contributed by atoms with Crippen molar-refractivity contribution in [2.45, 2.75) is 19.9 Å². The van der Waals surface area contributed by atoms with Crippen molar-refractivity contribution in [3.05, 3.63) is 17.8 Å². The molecule has 86 valence electrons. The highest BCUT2D eigenvalue weighted by molar-refractivity contribution is 5.74. The normalized spacial score (nSPS) is 13.2. The van der Waals surface area contributed by atoms with Crippen LogP contribution in [0.15, 0.2) is 12.1 Å². The standard InChI is InChI=1S/C11H16N4O/c1-7-4-5-9-10(13-7)15(11(12)14-9)8(2)6-16-3/h4-5,8H,6H2,1-3H3,(H2,12,14). The fourth-order valence-corrected chi connectivity index (χ4v) is 1.84. The molecule has 0 aliphatic rings. The fraction of sp³-hybridized carbons (Fsp3) is 0.455. The maximum absolute atomic E-state index is 5.89. The zero-order valence-corrected chi connectivity index (χ0v) is 9.77. The number of anilines is 1. The first-order valence-corrected chi connectivity index (χ1v) is 5.23. The third-order valence-electron chi connectivity index (χ3n) is 2.55. The molecule has 0 aliphatic heterocycles. The predicted molar refractivity (Wildman–Crippen MR) is 63.3 cm³/mol. The molecule has 0 saturated heterocycles. The van der Waals surface area contributed by atoms with Crippen LogP contribution in [-0.4, -0.2) is 28.3 Å². The van der Waals surface area contributed by atoms with Crippen molar-refractivity contribution < 1.29 is 4.74 Å². The molecule has 5 heteroatoms. The molecule has 0 bridgehead atoms. The van der Waals surface area contributed by atoms with Gasteiger partial charge in [0.2, 0.25) is 5.95 Å². The second-order valence-electron chi connectivity index (χ2n) is 3.94. The van der Waals surface area contributed by atoms with Gasteiger partial charge in [-0.15, -0.1) is 0 Å². The van der Waals surface area contributed by atoms with Gasteiger partial charge in [-0.05, 0) is 26.0 Å².